The summed E-state index contributed by atoms with van der Waals surface area (Å²) in [6, 6.07) is 0. The molecule has 0 aliphatic rings. The molecule has 0 rings (SSSR count). The van der Waals surface area contributed by atoms with Gasteiger partial charge in [0.25, 0.3) is 0 Å². The minimum atomic E-state index is -0.435. The summed E-state index contributed by atoms with van der Waals surface area (Å²) in [4.78, 5) is 9.82. The quantitative estimate of drug-likeness (QED) is 0.504. The number of nitrogens with two attached hydrogens (primary N) is 1. The molecule has 0 heterocycles. The molecule has 0 fully saturated rings. The maximum absolute atomic E-state index is 9.82. The number of carbonyl (C=O) groups is 1. The maximum Gasteiger partial charge on any atom is 0.243 e. The molecule has 0 aliphatic heterocycles. The standard InChI is InChI=1S/C4H7NO.HI/c1-3(2)4(5)6;/h1H2,2H3,(H2,5,6);1H. The van der Waals surface area contributed by atoms with Gasteiger partial charge in [-0.1, -0.05) is 6.58 Å². The fourth-order valence-electron chi connectivity index (χ4n) is 0. The average molecular weight is 213 g/mol. The largest absolute Gasteiger partial charge is 0.366 e. The molecule has 3 heteroatoms. The number of carbonyl (C=O) groups excluding carboxylic acids is 1. The lowest BCUT2D eigenvalue weighted by Gasteiger charge is -1.81. The second-order valence-corrected chi connectivity index (χ2v) is 1.14. The first-order valence-corrected chi connectivity index (χ1v) is 1.60. The highest BCUT2D eigenvalue weighted by Crippen LogP contribution is 1.78. The molecule has 0 saturated heterocycles. The van der Waals surface area contributed by atoms with Crippen molar-refractivity contribution < 1.29 is 4.79 Å². The highest BCUT2D eigenvalue weighted by Gasteiger charge is 1.86. The maximum atomic E-state index is 9.82. The molecule has 0 spiro atoms. The molecule has 0 atom stereocenters. The Morgan fingerprint density at radius 2 is 1.86 bits per heavy atom. The minimum Gasteiger partial charge on any atom is -0.366 e. The molecule has 0 unspecified atom stereocenters. The summed E-state index contributed by atoms with van der Waals surface area (Å²) in [6.07, 6.45) is 0. The van der Waals surface area contributed by atoms with Crippen molar-refractivity contribution in [3.63, 3.8) is 0 Å². The third-order valence-corrected chi connectivity index (χ3v) is 0.421. The first-order chi connectivity index (χ1) is 2.64. The summed E-state index contributed by atoms with van der Waals surface area (Å²) < 4.78 is 0. The topological polar surface area (TPSA) is 43.1 Å². The van der Waals surface area contributed by atoms with Crippen molar-refractivity contribution >= 4 is 29.9 Å². The number of rotatable bonds is 1. The number of amides is 1. The molecule has 0 aliphatic carbocycles. The molecule has 2 N–H and O–H groups in total. The highest BCUT2D eigenvalue weighted by molar-refractivity contribution is 14.0. The van der Waals surface area contributed by atoms with E-state index in [1.54, 1.807) is 6.92 Å². The fourth-order valence-corrected chi connectivity index (χ4v) is 0. The van der Waals surface area contributed by atoms with Crippen LogP contribution in [-0.2, 0) is 4.79 Å². The normalized spacial score (nSPS) is 6.43. The Bertz CT molecular complexity index is 77.7. The fraction of sp³-hybridized carbons (Fsp3) is 0.250. The van der Waals surface area contributed by atoms with Crippen LogP contribution in [0.4, 0.5) is 0 Å². The molecule has 0 aromatic rings. The van der Waals surface area contributed by atoms with E-state index in [0.717, 1.165) is 0 Å². The predicted molar refractivity (Wildman–Crippen MR) is 39.4 cm³/mol. The molecule has 1 amide bonds. The molecule has 0 bridgehead atoms. The molecule has 0 radical (unpaired) electrons. The number of hydrogen-bond acceptors (Lipinski definition) is 1. The third kappa shape index (κ3) is 5.94. The zero-order valence-corrected chi connectivity index (χ0v) is 6.43. The Kier molecular flexibility index (Phi) is 5.89. The number of halogens is 1. The number of hydrogen-bond donors (Lipinski definition) is 1. The second-order valence-electron chi connectivity index (χ2n) is 1.14. The lowest BCUT2D eigenvalue weighted by Crippen LogP contribution is -2.10. The summed E-state index contributed by atoms with van der Waals surface area (Å²) in [5.74, 6) is -0.435. The van der Waals surface area contributed by atoms with Crippen LogP contribution in [0.1, 0.15) is 6.92 Å². The Morgan fingerprint density at radius 3 is 1.86 bits per heavy atom. The van der Waals surface area contributed by atoms with Crippen LogP contribution in [-0.4, -0.2) is 5.91 Å². The van der Waals surface area contributed by atoms with Crippen LogP contribution >= 0.6 is 24.0 Å². The van der Waals surface area contributed by atoms with Gasteiger partial charge in [-0.05, 0) is 6.92 Å². The molecule has 0 aromatic heterocycles. The van der Waals surface area contributed by atoms with Gasteiger partial charge in [0.05, 0.1) is 0 Å². The van der Waals surface area contributed by atoms with Crippen molar-refractivity contribution in [1.29, 1.82) is 0 Å². The Morgan fingerprint density at radius 1 is 1.71 bits per heavy atom. The van der Waals surface area contributed by atoms with Crippen molar-refractivity contribution in [1.82, 2.24) is 0 Å². The van der Waals surface area contributed by atoms with Gasteiger partial charge in [-0.15, -0.1) is 24.0 Å². The van der Waals surface area contributed by atoms with Gasteiger partial charge >= 0.3 is 0 Å². The smallest absolute Gasteiger partial charge is 0.243 e. The first-order valence-electron chi connectivity index (χ1n) is 1.60. The highest BCUT2D eigenvalue weighted by atomic mass is 127. The van der Waals surface area contributed by atoms with Gasteiger partial charge in [0.2, 0.25) is 5.91 Å². The van der Waals surface area contributed by atoms with Crippen LogP contribution in [0, 0.1) is 0 Å². The molecule has 0 saturated carbocycles. The monoisotopic (exact) mass is 213 g/mol. The molecule has 0 aromatic carbocycles. The van der Waals surface area contributed by atoms with E-state index in [2.05, 4.69) is 6.58 Å². The van der Waals surface area contributed by atoms with Gasteiger partial charge in [-0.25, -0.2) is 0 Å². The van der Waals surface area contributed by atoms with Crippen LogP contribution in [0.5, 0.6) is 0 Å². The van der Waals surface area contributed by atoms with E-state index in [1.807, 2.05) is 0 Å². The van der Waals surface area contributed by atoms with Gasteiger partial charge in [-0.2, -0.15) is 0 Å². The van der Waals surface area contributed by atoms with E-state index in [4.69, 9.17) is 5.73 Å². The van der Waals surface area contributed by atoms with E-state index in [9.17, 15) is 4.79 Å². The summed E-state index contributed by atoms with van der Waals surface area (Å²) >= 11 is 0. The lowest BCUT2D eigenvalue weighted by molar-refractivity contribution is -0.114. The van der Waals surface area contributed by atoms with Gasteiger partial charge < -0.3 is 5.73 Å². The summed E-state index contributed by atoms with van der Waals surface area (Å²) in [5, 5.41) is 0. The van der Waals surface area contributed by atoms with Crippen LogP contribution in [0.3, 0.4) is 0 Å². The van der Waals surface area contributed by atoms with Gasteiger partial charge in [0.15, 0.2) is 0 Å². The summed E-state index contributed by atoms with van der Waals surface area (Å²) in [7, 11) is 0. The number of primary amides is 1. The van der Waals surface area contributed by atoms with E-state index < -0.39 is 5.91 Å². The van der Waals surface area contributed by atoms with Crippen molar-refractivity contribution in [3.05, 3.63) is 12.2 Å². The van der Waals surface area contributed by atoms with Crippen molar-refractivity contribution in [3.8, 4) is 0 Å². The van der Waals surface area contributed by atoms with Crippen molar-refractivity contribution in [2.45, 2.75) is 6.92 Å². The van der Waals surface area contributed by atoms with E-state index >= 15 is 0 Å². The SMILES string of the molecule is C=C(C)C(N)=O.I. The first kappa shape index (κ1) is 10.0. The van der Waals surface area contributed by atoms with E-state index in [1.165, 1.54) is 0 Å². The Hall–Kier alpha value is -0.0600. The van der Waals surface area contributed by atoms with Crippen LogP contribution in [0.2, 0.25) is 0 Å². The van der Waals surface area contributed by atoms with Gasteiger partial charge in [0.1, 0.15) is 0 Å². The lowest BCUT2D eigenvalue weighted by atomic mass is 10.3. The van der Waals surface area contributed by atoms with Crippen LogP contribution < -0.4 is 5.73 Å². The predicted octanol–water partition coefficient (Wildman–Crippen LogP) is 0.666. The molecular weight excluding hydrogens is 205 g/mol. The van der Waals surface area contributed by atoms with Crippen molar-refractivity contribution in [2.24, 2.45) is 5.73 Å². The second kappa shape index (κ2) is 4.11. The van der Waals surface area contributed by atoms with Gasteiger partial charge in [-0.3, -0.25) is 4.79 Å². The molecule has 7 heavy (non-hydrogen) atoms. The van der Waals surface area contributed by atoms with E-state index in [0.29, 0.717) is 5.57 Å². The molecular formula is C4H8INO. The third-order valence-electron chi connectivity index (χ3n) is 0.421. The van der Waals surface area contributed by atoms with Crippen LogP contribution in [0.25, 0.3) is 0 Å². The zero-order valence-electron chi connectivity index (χ0n) is 4.10. The Balaban J connectivity index is 0. The van der Waals surface area contributed by atoms with Crippen LogP contribution in [0.15, 0.2) is 12.2 Å². The van der Waals surface area contributed by atoms with E-state index in [-0.39, 0.29) is 24.0 Å². The zero-order chi connectivity index (χ0) is 5.15. The van der Waals surface area contributed by atoms with Crippen molar-refractivity contribution in [2.75, 3.05) is 0 Å². The summed E-state index contributed by atoms with van der Waals surface area (Å²) in [6.45, 7) is 4.85. The average Bonchev–Trinajstić information content (AvgIpc) is 1.36. The molecule has 42 valence electrons. The molecule has 2 nitrogen and oxygen atoms in total. The summed E-state index contributed by atoms with van der Waals surface area (Å²) in [5.41, 5.74) is 5.09. The Labute approximate surface area is 59.8 Å². The minimum absolute atomic E-state index is 0. The van der Waals surface area contributed by atoms with Gasteiger partial charge in [0, 0.05) is 5.57 Å².